The number of carbonyl (C=O) groups excluding carboxylic acids is 1. The average Bonchev–Trinajstić information content (AvgIpc) is 3.38. The largest absolute Gasteiger partial charge is 0.441 e. The van der Waals surface area contributed by atoms with Crippen molar-refractivity contribution >= 4 is 11.8 Å². The van der Waals surface area contributed by atoms with E-state index in [9.17, 15) is 4.79 Å². The van der Waals surface area contributed by atoms with Gasteiger partial charge in [0.25, 0.3) is 5.72 Å². The first-order valence-electron chi connectivity index (χ1n) is 10.1. The second-order valence-corrected chi connectivity index (χ2v) is 8.80. The third-order valence-electron chi connectivity index (χ3n) is 5.62. The highest BCUT2D eigenvalue weighted by molar-refractivity contribution is 5.96. The highest BCUT2D eigenvalue weighted by Crippen LogP contribution is 2.51. The van der Waals surface area contributed by atoms with Crippen molar-refractivity contribution in [1.82, 2.24) is 5.01 Å². The Morgan fingerprint density at radius 2 is 1.77 bits per heavy atom. The van der Waals surface area contributed by atoms with Crippen LogP contribution < -0.4 is 0 Å². The van der Waals surface area contributed by atoms with Gasteiger partial charge in [0, 0.05) is 12.5 Å². The van der Waals surface area contributed by atoms with Crippen LogP contribution in [0.4, 0.5) is 0 Å². The number of hydrogen-bond donors (Lipinski definition) is 0. The molecule has 9 heteroatoms. The molecule has 1 spiro atoms. The van der Waals surface area contributed by atoms with Gasteiger partial charge in [0.15, 0.2) is 30.1 Å². The number of rotatable bonds is 2. The van der Waals surface area contributed by atoms with E-state index >= 15 is 0 Å². The normalized spacial score (nSPS) is 38.6. The van der Waals surface area contributed by atoms with Crippen molar-refractivity contribution in [2.24, 2.45) is 5.10 Å². The molecule has 0 radical (unpaired) electrons. The van der Waals surface area contributed by atoms with Crippen LogP contribution in [-0.2, 0) is 33.2 Å². The molecule has 162 valence electrons. The Kier molecular flexibility index (Phi) is 4.30. The quantitative estimate of drug-likeness (QED) is 0.725. The number of amides is 1. The first kappa shape index (κ1) is 19.9. The number of carbonyl (C=O) groups is 1. The van der Waals surface area contributed by atoms with Crippen LogP contribution in [0.5, 0.6) is 0 Å². The van der Waals surface area contributed by atoms with Gasteiger partial charge >= 0.3 is 0 Å². The fraction of sp³-hybridized carbons (Fsp3) is 0.619. The third kappa shape index (κ3) is 2.96. The summed E-state index contributed by atoms with van der Waals surface area (Å²) in [6.45, 7) is 8.96. The van der Waals surface area contributed by atoms with Crippen molar-refractivity contribution in [1.29, 1.82) is 0 Å². The molecule has 3 fully saturated rings. The van der Waals surface area contributed by atoms with Crippen LogP contribution in [0.25, 0.3) is 0 Å². The van der Waals surface area contributed by atoms with Crippen LogP contribution in [0.2, 0.25) is 0 Å². The molecular formula is C21H26N2O7. The molecule has 9 nitrogen and oxygen atoms in total. The Morgan fingerprint density at radius 3 is 2.40 bits per heavy atom. The van der Waals surface area contributed by atoms with E-state index in [-0.39, 0.29) is 12.5 Å². The van der Waals surface area contributed by atoms with E-state index in [1.807, 2.05) is 44.2 Å². The molecule has 0 aromatic heterocycles. The summed E-state index contributed by atoms with van der Waals surface area (Å²) in [4.78, 5) is 12.7. The van der Waals surface area contributed by atoms with E-state index in [1.165, 1.54) is 11.9 Å². The standard InChI is InChI=1S/C21H26N2O7/c1-12(24)23-21(29-17(22-23)13-9-7-6-8-10-13)15(14-11-25-19(2,3)27-14)26-18-16(21)28-20(4,5)30-18/h6-10,14-16,18H,11H2,1-5H3/t14-,15-,16+,18-,21+/m1/s1. The molecule has 0 saturated carbocycles. The lowest BCUT2D eigenvalue weighted by Crippen LogP contribution is -2.63. The Morgan fingerprint density at radius 1 is 1.03 bits per heavy atom. The van der Waals surface area contributed by atoms with Gasteiger partial charge in [-0.15, -0.1) is 5.10 Å². The fourth-order valence-corrected chi connectivity index (χ4v) is 4.49. The van der Waals surface area contributed by atoms with E-state index in [1.54, 1.807) is 13.8 Å². The van der Waals surface area contributed by atoms with Crippen LogP contribution in [0, 0.1) is 0 Å². The van der Waals surface area contributed by atoms with Crippen molar-refractivity contribution in [3.05, 3.63) is 35.9 Å². The summed E-state index contributed by atoms with van der Waals surface area (Å²) in [5.74, 6) is -1.68. The topological polar surface area (TPSA) is 88.1 Å². The maximum absolute atomic E-state index is 12.7. The minimum atomic E-state index is -1.39. The van der Waals surface area contributed by atoms with Gasteiger partial charge in [-0.25, -0.2) is 0 Å². The van der Waals surface area contributed by atoms with E-state index < -0.39 is 41.9 Å². The summed E-state index contributed by atoms with van der Waals surface area (Å²) in [5, 5.41) is 5.84. The number of hydrazone groups is 1. The van der Waals surface area contributed by atoms with Gasteiger partial charge in [0.05, 0.1) is 6.61 Å². The first-order chi connectivity index (χ1) is 14.1. The van der Waals surface area contributed by atoms with Gasteiger partial charge in [-0.1, -0.05) is 18.2 Å². The summed E-state index contributed by atoms with van der Waals surface area (Å²) in [6.07, 6.45) is -2.71. The zero-order valence-corrected chi connectivity index (χ0v) is 17.7. The highest BCUT2D eigenvalue weighted by atomic mass is 16.9. The molecule has 1 amide bonds. The van der Waals surface area contributed by atoms with Crippen molar-refractivity contribution < 1.29 is 33.2 Å². The molecule has 1 aromatic carbocycles. The lowest BCUT2D eigenvalue weighted by Gasteiger charge is -2.39. The molecule has 0 bridgehead atoms. The molecule has 30 heavy (non-hydrogen) atoms. The fourth-order valence-electron chi connectivity index (χ4n) is 4.49. The molecule has 0 aliphatic carbocycles. The molecule has 5 atom stereocenters. The molecular weight excluding hydrogens is 392 g/mol. The SMILES string of the molecule is CC(=O)N1N=C(c2ccccc2)O[C@]12[C@@H]([C@H]1COC(C)(C)O1)O[C@@H]1OC(C)(C)O[C@@H]12. The van der Waals surface area contributed by atoms with Gasteiger partial charge < -0.3 is 28.4 Å². The number of hydrogen-bond acceptors (Lipinski definition) is 8. The minimum Gasteiger partial charge on any atom is -0.441 e. The Bertz CT molecular complexity index is 887. The van der Waals surface area contributed by atoms with Gasteiger partial charge in [-0.05, 0) is 39.8 Å². The van der Waals surface area contributed by atoms with E-state index in [0.717, 1.165) is 5.56 Å². The summed E-state index contributed by atoms with van der Waals surface area (Å²) in [7, 11) is 0. The summed E-state index contributed by atoms with van der Waals surface area (Å²) < 4.78 is 36.7. The van der Waals surface area contributed by atoms with Gasteiger partial charge in [0.1, 0.15) is 6.10 Å². The monoisotopic (exact) mass is 418 g/mol. The summed E-state index contributed by atoms with van der Waals surface area (Å²) >= 11 is 0. The lowest BCUT2D eigenvalue weighted by molar-refractivity contribution is -0.262. The van der Waals surface area contributed by atoms with Crippen molar-refractivity contribution in [3.63, 3.8) is 0 Å². The van der Waals surface area contributed by atoms with Gasteiger partial charge in [0.2, 0.25) is 11.8 Å². The Balaban J connectivity index is 1.58. The lowest BCUT2D eigenvalue weighted by atomic mass is 9.97. The average molecular weight is 418 g/mol. The van der Waals surface area contributed by atoms with Crippen LogP contribution in [0.15, 0.2) is 35.4 Å². The Labute approximate surface area is 174 Å². The number of fused-ring (bicyclic) bond motifs is 2. The van der Waals surface area contributed by atoms with E-state index in [4.69, 9.17) is 28.4 Å². The van der Waals surface area contributed by atoms with Crippen LogP contribution in [-0.4, -0.2) is 65.3 Å². The first-order valence-corrected chi connectivity index (χ1v) is 10.1. The van der Waals surface area contributed by atoms with Gasteiger partial charge in [-0.3, -0.25) is 4.79 Å². The predicted molar refractivity (Wildman–Crippen MR) is 103 cm³/mol. The molecule has 4 aliphatic rings. The molecule has 0 N–H and O–H groups in total. The zero-order chi connectivity index (χ0) is 21.3. The third-order valence-corrected chi connectivity index (χ3v) is 5.62. The second kappa shape index (κ2) is 6.48. The van der Waals surface area contributed by atoms with Crippen molar-refractivity contribution in [3.8, 4) is 0 Å². The molecule has 0 unspecified atom stereocenters. The number of ether oxygens (including phenoxy) is 6. The smallest absolute Gasteiger partial charge is 0.266 e. The number of nitrogens with zero attached hydrogens (tertiary/aromatic N) is 2. The predicted octanol–water partition coefficient (Wildman–Crippen LogP) is 1.95. The van der Waals surface area contributed by atoms with Gasteiger partial charge in [-0.2, -0.15) is 5.01 Å². The highest BCUT2D eigenvalue weighted by Gasteiger charge is 2.74. The minimum absolute atomic E-state index is 0.276. The van der Waals surface area contributed by atoms with Crippen LogP contribution in [0.3, 0.4) is 0 Å². The molecule has 4 heterocycles. The van der Waals surface area contributed by atoms with Crippen molar-refractivity contribution in [2.45, 2.75) is 76.5 Å². The molecule has 4 aliphatic heterocycles. The van der Waals surface area contributed by atoms with E-state index in [2.05, 4.69) is 5.10 Å². The van der Waals surface area contributed by atoms with Crippen LogP contribution >= 0.6 is 0 Å². The Hall–Kier alpha value is -2.04. The summed E-state index contributed by atoms with van der Waals surface area (Å²) in [5.41, 5.74) is -0.644. The van der Waals surface area contributed by atoms with Crippen molar-refractivity contribution in [2.75, 3.05) is 6.61 Å². The second-order valence-electron chi connectivity index (χ2n) is 8.80. The molecule has 5 rings (SSSR count). The maximum atomic E-state index is 12.7. The van der Waals surface area contributed by atoms with E-state index in [0.29, 0.717) is 5.90 Å². The number of benzene rings is 1. The molecule has 3 saturated heterocycles. The molecule has 1 aromatic rings. The summed E-state index contributed by atoms with van der Waals surface area (Å²) in [6, 6.07) is 9.39. The maximum Gasteiger partial charge on any atom is 0.266 e. The van der Waals surface area contributed by atoms with Crippen LogP contribution in [0.1, 0.15) is 40.2 Å². The zero-order valence-electron chi connectivity index (χ0n) is 17.7.